The molecular formula is C16H20N2O4S. The van der Waals surface area contributed by atoms with Crippen molar-refractivity contribution in [2.45, 2.75) is 36.8 Å². The highest BCUT2D eigenvalue weighted by molar-refractivity contribution is 7.87. The number of carbonyl (C=O) groups excluding carboxylic acids is 3. The number of carbonyl (C=O) groups is 3. The van der Waals surface area contributed by atoms with Gasteiger partial charge in [-0.05, 0) is 25.5 Å². The molecule has 6 nitrogen and oxygen atoms in total. The second-order valence-electron chi connectivity index (χ2n) is 5.27. The molecule has 0 aromatic heterocycles. The molecule has 0 spiro atoms. The Morgan fingerprint density at radius 1 is 1.26 bits per heavy atom. The van der Waals surface area contributed by atoms with Crippen molar-refractivity contribution in [1.29, 1.82) is 0 Å². The number of ketones is 1. The molecule has 1 heterocycles. The third-order valence-electron chi connectivity index (χ3n) is 3.71. The number of para-hydroxylation sites is 1. The first-order chi connectivity index (χ1) is 11.0. The van der Waals surface area contributed by atoms with Crippen LogP contribution in [-0.2, 0) is 25.2 Å². The zero-order chi connectivity index (χ0) is 17.0. The summed E-state index contributed by atoms with van der Waals surface area (Å²) in [7, 11) is -1.87. The van der Waals surface area contributed by atoms with E-state index in [1.807, 2.05) is 6.92 Å². The molecule has 0 bridgehead atoms. The maximum absolute atomic E-state index is 12.6. The SMILES string of the molecule is CCCCN(CC)C(=O)C(=O)[C@@H]1C(=O)Nc2ccccc2[S@@]1=O. The van der Waals surface area contributed by atoms with Crippen LogP contribution in [0.2, 0.25) is 0 Å². The van der Waals surface area contributed by atoms with Crippen LogP contribution < -0.4 is 5.32 Å². The number of anilines is 1. The van der Waals surface area contributed by atoms with E-state index >= 15 is 0 Å². The number of hydrogen-bond donors (Lipinski definition) is 1. The van der Waals surface area contributed by atoms with Crippen molar-refractivity contribution in [2.24, 2.45) is 0 Å². The monoisotopic (exact) mass is 336 g/mol. The molecule has 1 aliphatic rings. The van der Waals surface area contributed by atoms with Gasteiger partial charge in [0, 0.05) is 13.1 Å². The van der Waals surface area contributed by atoms with Gasteiger partial charge in [-0.15, -0.1) is 0 Å². The fourth-order valence-corrected chi connectivity index (χ4v) is 3.76. The van der Waals surface area contributed by atoms with Crippen LogP contribution in [0.1, 0.15) is 26.7 Å². The average Bonchev–Trinajstić information content (AvgIpc) is 2.55. The lowest BCUT2D eigenvalue weighted by Gasteiger charge is -2.25. The fourth-order valence-electron chi connectivity index (χ4n) is 2.40. The molecule has 23 heavy (non-hydrogen) atoms. The number of nitrogens with one attached hydrogen (secondary N) is 1. The fraction of sp³-hybridized carbons (Fsp3) is 0.438. The molecule has 0 saturated carbocycles. The van der Waals surface area contributed by atoms with Gasteiger partial charge in [-0.3, -0.25) is 18.6 Å². The molecule has 124 valence electrons. The average molecular weight is 336 g/mol. The van der Waals surface area contributed by atoms with Crippen LogP contribution in [0, 0.1) is 0 Å². The second kappa shape index (κ2) is 7.50. The number of likely N-dealkylation sites (N-methyl/N-ethyl adjacent to an activating group) is 1. The summed E-state index contributed by atoms with van der Waals surface area (Å²) < 4.78 is 12.6. The zero-order valence-electron chi connectivity index (χ0n) is 13.2. The Morgan fingerprint density at radius 3 is 2.61 bits per heavy atom. The van der Waals surface area contributed by atoms with Crippen molar-refractivity contribution in [3.8, 4) is 0 Å². The van der Waals surface area contributed by atoms with Crippen LogP contribution in [0.5, 0.6) is 0 Å². The van der Waals surface area contributed by atoms with E-state index in [4.69, 9.17) is 0 Å². The van der Waals surface area contributed by atoms with Crippen LogP contribution in [-0.4, -0.2) is 45.0 Å². The first kappa shape index (κ1) is 17.3. The highest BCUT2D eigenvalue weighted by Crippen LogP contribution is 2.27. The van der Waals surface area contributed by atoms with Gasteiger partial charge < -0.3 is 10.2 Å². The van der Waals surface area contributed by atoms with Crippen molar-refractivity contribution in [3.63, 3.8) is 0 Å². The Bertz CT molecular complexity index is 659. The smallest absolute Gasteiger partial charge is 0.291 e. The third kappa shape index (κ3) is 3.50. The van der Waals surface area contributed by atoms with Gasteiger partial charge in [0.25, 0.3) is 5.91 Å². The predicted octanol–water partition coefficient (Wildman–Crippen LogP) is 1.33. The Morgan fingerprint density at radius 2 is 1.96 bits per heavy atom. The third-order valence-corrected chi connectivity index (χ3v) is 5.36. The topological polar surface area (TPSA) is 83.6 Å². The molecule has 0 saturated heterocycles. The molecule has 0 radical (unpaired) electrons. The van der Waals surface area contributed by atoms with E-state index in [1.165, 1.54) is 4.90 Å². The zero-order valence-corrected chi connectivity index (χ0v) is 14.0. The van der Waals surface area contributed by atoms with Crippen molar-refractivity contribution in [3.05, 3.63) is 24.3 Å². The molecule has 0 fully saturated rings. The van der Waals surface area contributed by atoms with E-state index < -0.39 is 33.6 Å². The minimum atomic E-state index is -1.87. The number of nitrogens with zero attached hydrogens (tertiary/aromatic N) is 1. The van der Waals surface area contributed by atoms with Gasteiger partial charge in [0.15, 0.2) is 5.25 Å². The molecule has 0 unspecified atom stereocenters. The van der Waals surface area contributed by atoms with Crippen LogP contribution in [0.3, 0.4) is 0 Å². The molecule has 1 aromatic rings. The van der Waals surface area contributed by atoms with Gasteiger partial charge in [-0.1, -0.05) is 25.5 Å². The quantitative estimate of drug-likeness (QED) is 0.627. The lowest BCUT2D eigenvalue weighted by Crippen LogP contribution is -2.49. The lowest BCUT2D eigenvalue weighted by molar-refractivity contribution is -0.145. The summed E-state index contributed by atoms with van der Waals surface area (Å²) in [4.78, 5) is 38.7. The predicted molar refractivity (Wildman–Crippen MR) is 87.4 cm³/mol. The Balaban J connectivity index is 2.23. The summed E-state index contributed by atoms with van der Waals surface area (Å²) >= 11 is 0. The van der Waals surface area contributed by atoms with E-state index in [0.29, 0.717) is 23.7 Å². The van der Waals surface area contributed by atoms with Crippen LogP contribution in [0.25, 0.3) is 0 Å². The van der Waals surface area contributed by atoms with Gasteiger partial charge >= 0.3 is 0 Å². The first-order valence-electron chi connectivity index (χ1n) is 7.64. The standard InChI is InChI=1S/C16H20N2O4S/c1-3-5-10-18(4-2)16(21)13(19)14-15(20)17-11-8-6-7-9-12(11)23(14)22/h6-9,14H,3-5,10H2,1-2H3,(H,17,20)/t14-,23+/m1/s1. The van der Waals surface area contributed by atoms with Crippen molar-refractivity contribution < 1.29 is 18.6 Å². The Labute approximate surface area is 137 Å². The first-order valence-corrected chi connectivity index (χ1v) is 8.86. The second-order valence-corrected chi connectivity index (χ2v) is 6.77. The van der Waals surface area contributed by atoms with Gasteiger partial charge in [0.1, 0.15) is 0 Å². The summed E-state index contributed by atoms with van der Waals surface area (Å²) in [5.41, 5.74) is 0.422. The maximum Gasteiger partial charge on any atom is 0.291 e. The van der Waals surface area contributed by atoms with E-state index in [0.717, 1.165) is 12.8 Å². The molecule has 1 N–H and O–H groups in total. The van der Waals surface area contributed by atoms with Crippen LogP contribution >= 0.6 is 0 Å². The minimum Gasteiger partial charge on any atom is -0.336 e. The largest absolute Gasteiger partial charge is 0.336 e. The van der Waals surface area contributed by atoms with Crippen molar-refractivity contribution >= 4 is 34.1 Å². The van der Waals surface area contributed by atoms with E-state index in [9.17, 15) is 18.6 Å². The molecule has 2 amide bonds. The van der Waals surface area contributed by atoms with Gasteiger partial charge in [-0.2, -0.15) is 0 Å². The number of benzene rings is 1. The molecule has 0 aliphatic carbocycles. The number of Topliss-reactive ketones (excluding diaryl/α,β-unsaturated/α-hetero) is 1. The molecule has 1 aliphatic heterocycles. The van der Waals surface area contributed by atoms with Crippen molar-refractivity contribution in [2.75, 3.05) is 18.4 Å². The Hall–Kier alpha value is -2.02. The molecule has 2 rings (SSSR count). The number of hydrogen-bond acceptors (Lipinski definition) is 4. The summed E-state index contributed by atoms with van der Waals surface area (Å²) in [6, 6.07) is 6.59. The van der Waals surface area contributed by atoms with Crippen molar-refractivity contribution in [1.82, 2.24) is 4.90 Å². The minimum absolute atomic E-state index is 0.370. The Kier molecular flexibility index (Phi) is 5.65. The normalized spacial score (nSPS) is 19.7. The van der Waals surface area contributed by atoms with E-state index in [1.54, 1.807) is 31.2 Å². The summed E-state index contributed by atoms with van der Waals surface area (Å²) in [5, 5.41) is 1.07. The molecule has 2 atom stereocenters. The number of fused-ring (bicyclic) bond motifs is 1. The number of rotatable bonds is 6. The maximum atomic E-state index is 12.6. The molecule has 7 heteroatoms. The summed E-state index contributed by atoms with van der Waals surface area (Å²) in [6.07, 6.45) is 1.66. The number of amides is 2. The number of unbranched alkanes of at least 4 members (excludes halogenated alkanes) is 1. The highest BCUT2D eigenvalue weighted by atomic mass is 32.2. The van der Waals surface area contributed by atoms with E-state index in [2.05, 4.69) is 5.32 Å². The van der Waals surface area contributed by atoms with Crippen LogP contribution in [0.4, 0.5) is 5.69 Å². The summed E-state index contributed by atoms with van der Waals surface area (Å²) in [5.74, 6) is -2.34. The molecular weight excluding hydrogens is 316 g/mol. The highest BCUT2D eigenvalue weighted by Gasteiger charge is 2.42. The molecule has 1 aromatic carbocycles. The van der Waals surface area contributed by atoms with Gasteiger partial charge in [0.2, 0.25) is 11.7 Å². The lowest BCUT2D eigenvalue weighted by atomic mass is 10.2. The van der Waals surface area contributed by atoms with E-state index in [-0.39, 0.29) is 0 Å². The van der Waals surface area contributed by atoms with Gasteiger partial charge in [0.05, 0.1) is 21.4 Å². The van der Waals surface area contributed by atoms with Gasteiger partial charge in [-0.25, -0.2) is 0 Å². The van der Waals surface area contributed by atoms with Crippen LogP contribution in [0.15, 0.2) is 29.2 Å². The summed E-state index contributed by atoms with van der Waals surface area (Å²) in [6.45, 7) is 4.59.